The normalized spacial score (nSPS) is 16.4. The molecule has 0 aromatic heterocycles. The number of para-hydroxylation sites is 3. The first-order chi connectivity index (χ1) is 34.6. The first kappa shape index (κ1) is 33.3. The van der Waals surface area contributed by atoms with Gasteiger partial charge >= 0.3 is 0 Å². The van der Waals surface area contributed by atoms with E-state index in [1.807, 2.05) is 53.4 Å². The molecule has 13 rings (SSSR count). The summed E-state index contributed by atoms with van der Waals surface area (Å²) in [5, 5.41) is 0. The molecule has 10 aromatic rings. The molecule has 0 aliphatic heterocycles. The Labute approximate surface area is 394 Å². The molecule has 0 saturated heterocycles. The molecule has 0 heterocycles. The maximum atomic E-state index is 9.44. The van der Waals surface area contributed by atoms with Crippen molar-refractivity contribution >= 4 is 34.1 Å². The lowest BCUT2D eigenvalue weighted by Crippen LogP contribution is -2.26. The molecular formula is C64H46N2. The van der Waals surface area contributed by atoms with Crippen LogP contribution in [0.3, 0.4) is 0 Å². The second-order valence-electron chi connectivity index (χ2n) is 18.1. The predicted molar refractivity (Wildman–Crippen MR) is 275 cm³/mol. The highest BCUT2D eigenvalue weighted by Gasteiger charge is 2.52. The van der Waals surface area contributed by atoms with Crippen LogP contribution in [0.25, 0.3) is 44.5 Å². The van der Waals surface area contributed by atoms with Crippen LogP contribution in [0.15, 0.2) is 243 Å². The number of nitrogens with zero attached hydrogens (tertiary/aromatic N) is 2. The Hall–Kier alpha value is -8.20. The lowest BCUT2D eigenvalue weighted by atomic mass is 9.70. The van der Waals surface area contributed by atoms with Crippen molar-refractivity contribution in [2.45, 2.75) is 24.7 Å². The predicted octanol–water partition coefficient (Wildman–Crippen LogP) is 16.9. The summed E-state index contributed by atoms with van der Waals surface area (Å²) in [5.41, 5.74) is 19.6. The molecule has 1 atom stereocenters. The van der Waals surface area contributed by atoms with Crippen molar-refractivity contribution in [1.29, 1.82) is 0 Å². The van der Waals surface area contributed by atoms with Gasteiger partial charge in [0, 0.05) is 39.4 Å². The Balaban J connectivity index is 1.11. The number of benzene rings is 10. The number of rotatable bonds is 7. The quantitative estimate of drug-likeness (QED) is 0.158. The molecule has 312 valence electrons. The molecule has 1 spiro atoms. The van der Waals surface area contributed by atoms with E-state index in [-0.39, 0.29) is 35.3 Å². The summed E-state index contributed by atoms with van der Waals surface area (Å²) in [7, 11) is 0. The van der Waals surface area contributed by atoms with Crippen molar-refractivity contribution in [3.63, 3.8) is 0 Å². The van der Waals surface area contributed by atoms with Gasteiger partial charge < -0.3 is 9.80 Å². The Morgan fingerprint density at radius 1 is 0.318 bits per heavy atom. The minimum atomic E-state index is -0.816. The molecule has 2 nitrogen and oxygen atoms in total. The largest absolute Gasteiger partial charge is 0.310 e. The standard InChI is InChI=1S/C64H46N2/c1-63(2)56-32-18-15-29-49(56)52-37-35-47(39-59(52)63)65(44-23-9-4-10-24-44)48-36-38-53-50-30-16-19-33-57(50)64(60(53)40-48)58-34-20-17-31-51(58)55-41-54(43-21-7-3-8-22-43)62(42-61(55)64)66(45-25-11-5-12-26-45)46-27-13-6-14-28-46/h3-42H,1-2H3/i5D,11D,12D,25D,26D. The molecule has 10 aromatic carbocycles. The van der Waals surface area contributed by atoms with E-state index in [0.717, 1.165) is 72.7 Å². The molecule has 1 unspecified atom stereocenters. The molecule has 2 heteroatoms. The molecular weight excluding hydrogens is 797 g/mol. The van der Waals surface area contributed by atoms with Gasteiger partial charge in [-0.15, -0.1) is 0 Å². The first-order valence-electron chi connectivity index (χ1n) is 25.2. The summed E-state index contributed by atoms with van der Waals surface area (Å²) in [6.07, 6.45) is 0. The van der Waals surface area contributed by atoms with Crippen molar-refractivity contribution < 1.29 is 6.85 Å². The maximum Gasteiger partial charge on any atom is 0.0727 e. The molecule has 0 N–H and O–H groups in total. The fourth-order valence-corrected chi connectivity index (χ4v) is 11.5. The highest BCUT2D eigenvalue weighted by Crippen LogP contribution is 2.65. The van der Waals surface area contributed by atoms with Crippen molar-refractivity contribution in [3.8, 4) is 44.5 Å². The molecule has 0 fully saturated rings. The lowest BCUT2D eigenvalue weighted by molar-refractivity contribution is 0.660. The molecule has 0 bridgehead atoms. The third-order valence-corrected chi connectivity index (χ3v) is 14.3. The van der Waals surface area contributed by atoms with Gasteiger partial charge in [-0.2, -0.15) is 0 Å². The third-order valence-electron chi connectivity index (χ3n) is 14.3. The van der Waals surface area contributed by atoms with Crippen LogP contribution < -0.4 is 9.80 Å². The van der Waals surface area contributed by atoms with E-state index in [1.54, 1.807) is 0 Å². The molecule has 3 aliphatic carbocycles. The van der Waals surface area contributed by atoms with E-state index in [1.165, 1.54) is 22.3 Å². The minimum Gasteiger partial charge on any atom is -0.310 e. The summed E-state index contributed by atoms with van der Waals surface area (Å²) in [5.74, 6) is 0. The van der Waals surface area contributed by atoms with Crippen molar-refractivity contribution in [3.05, 3.63) is 276 Å². The summed E-state index contributed by atoms with van der Waals surface area (Å²) in [6, 6.07) is 73.4. The zero-order valence-electron chi connectivity index (χ0n) is 41.6. The average molecular weight is 848 g/mol. The van der Waals surface area contributed by atoms with Crippen LogP contribution >= 0.6 is 0 Å². The molecule has 0 radical (unpaired) electrons. The average Bonchev–Trinajstić information content (AvgIpc) is 3.97. The highest BCUT2D eigenvalue weighted by atomic mass is 15.1. The lowest BCUT2D eigenvalue weighted by Gasteiger charge is -2.34. The zero-order valence-corrected chi connectivity index (χ0v) is 36.6. The van der Waals surface area contributed by atoms with Crippen molar-refractivity contribution in [2.24, 2.45) is 0 Å². The van der Waals surface area contributed by atoms with Crippen LogP contribution in [0.5, 0.6) is 0 Å². The van der Waals surface area contributed by atoms with Gasteiger partial charge in [-0.05, 0) is 145 Å². The van der Waals surface area contributed by atoms with Gasteiger partial charge in [-0.3, -0.25) is 0 Å². The molecule has 3 aliphatic rings. The Morgan fingerprint density at radius 3 is 1.39 bits per heavy atom. The SMILES string of the molecule is [2H]c1c([2H])c([2H])c(N(c2ccccc2)c2cc3c(cc2-c2ccccc2)-c2ccccc2C32c3ccccc3-c3ccc(N(c4ccccc4)c4ccc5c(c4)C(C)(C)c4ccccc4-5)cc32)c([2H])c1[2H]. The van der Waals surface area contributed by atoms with Gasteiger partial charge in [-0.1, -0.05) is 184 Å². The third kappa shape index (κ3) is 5.48. The van der Waals surface area contributed by atoms with Gasteiger partial charge in [0.05, 0.1) is 18.0 Å². The molecule has 66 heavy (non-hydrogen) atoms. The molecule has 0 amide bonds. The summed E-state index contributed by atoms with van der Waals surface area (Å²) >= 11 is 0. The maximum absolute atomic E-state index is 9.44. The Morgan fingerprint density at radius 2 is 0.773 bits per heavy atom. The fraction of sp³-hybridized carbons (Fsp3) is 0.0625. The van der Waals surface area contributed by atoms with Crippen LogP contribution in [0.4, 0.5) is 34.1 Å². The van der Waals surface area contributed by atoms with Gasteiger partial charge in [0.1, 0.15) is 0 Å². The smallest absolute Gasteiger partial charge is 0.0727 e. The van der Waals surface area contributed by atoms with Gasteiger partial charge in [0.2, 0.25) is 0 Å². The molecule has 0 saturated carbocycles. The van der Waals surface area contributed by atoms with Crippen molar-refractivity contribution in [1.82, 2.24) is 0 Å². The van der Waals surface area contributed by atoms with E-state index < -0.39 is 11.5 Å². The van der Waals surface area contributed by atoms with E-state index >= 15 is 0 Å². The number of anilines is 6. The number of hydrogen-bond donors (Lipinski definition) is 0. The van der Waals surface area contributed by atoms with E-state index in [2.05, 4.69) is 183 Å². The topological polar surface area (TPSA) is 6.48 Å². The van der Waals surface area contributed by atoms with Gasteiger partial charge in [0.25, 0.3) is 0 Å². The zero-order chi connectivity index (χ0) is 48.3. The monoisotopic (exact) mass is 847 g/mol. The van der Waals surface area contributed by atoms with Crippen LogP contribution in [0.1, 0.15) is 54.1 Å². The second kappa shape index (κ2) is 14.7. The van der Waals surface area contributed by atoms with E-state index in [0.29, 0.717) is 11.4 Å². The first-order valence-corrected chi connectivity index (χ1v) is 22.7. The number of hydrogen-bond acceptors (Lipinski definition) is 2. The van der Waals surface area contributed by atoms with Crippen molar-refractivity contribution in [2.75, 3.05) is 9.80 Å². The van der Waals surface area contributed by atoms with Crippen LogP contribution in [-0.2, 0) is 10.8 Å². The van der Waals surface area contributed by atoms with Crippen LogP contribution in [0, 0.1) is 0 Å². The van der Waals surface area contributed by atoms with Crippen LogP contribution in [-0.4, -0.2) is 0 Å². The van der Waals surface area contributed by atoms with Gasteiger partial charge in [-0.25, -0.2) is 0 Å². The van der Waals surface area contributed by atoms with Crippen LogP contribution in [0.2, 0.25) is 0 Å². The van der Waals surface area contributed by atoms with E-state index in [4.69, 9.17) is 4.11 Å². The summed E-state index contributed by atoms with van der Waals surface area (Å²) in [6.45, 7) is 4.65. The highest BCUT2D eigenvalue weighted by molar-refractivity contribution is 6.01. The van der Waals surface area contributed by atoms with Gasteiger partial charge in [0.15, 0.2) is 0 Å². The second-order valence-corrected chi connectivity index (χ2v) is 18.1. The summed E-state index contributed by atoms with van der Waals surface area (Å²) < 4.78 is 45.3. The summed E-state index contributed by atoms with van der Waals surface area (Å²) in [4.78, 5) is 4.26. The number of fused-ring (bicyclic) bond motifs is 13. The Kier molecular flexibility index (Phi) is 7.41. The Bertz CT molecular complexity index is 3790. The minimum absolute atomic E-state index is 0.0810. The fourth-order valence-electron chi connectivity index (χ4n) is 11.5. The van der Waals surface area contributed by atoms with E-state index in [9.17, 15) is 2.74 Å².